The molecule has 0 aliphatic heterocycles. The summed E-state index contributed by atoms with van der Waals surface area (Å²) in [5.41, 5.74) is 6.94. The van der Waals surface area contributed by atoms with Crippen molar-refractivity contribution >= 4 is 29.1 Å². The van der Waals surface area contributed by atoms with Crippen molar-refractivity contribution in [2.75, 3.05) is 13.7 Å². The van der Waals surface area contributed by atoms with Gasteiger partial charge in [-0.3, -0.25) is 4.79 Å². The van der Waals surface area contributed by atoms with Crippen molar-refractivity contribution in [1.29, 1.82) is 0 Å². The Labute approximate surface area is 156 Å². The molecule has 1 atom stereocenters. The van der Waals surface area contributed by atoms with Gasteiger partial charge in [-0.15, -0.1) is 12.4 Å². The number of amides is 1. The van der Waals surface area contributed by atoms with Crippen LogP contribution in [0, 0.1) is 0 Å². The number of ether oxygens (including phenoxy) is 1. The first kappa shape index (κ1) is 21.3. The summed E-state index contributed by atoms with van der Waals surface area (Å²) in [5, 5.41) is 5.21. The number of carbonyl (C=O) groups is 1. The van der Waals surface area contributed by atoms with E-state index in [-0.39, 0.29) is 29.8 Å². The second-order valence-corrected chi connectivity index (χ2v) is 6.48. The Morgan fingerprint density at radius 2 is 1.76 bits per heavy atom. The Morgan fingerprint density at radius 1 is 1.16 bits per heavy atom. The summed E-state index contributed by atoms with van der Waals surface area (Å²) in [5.74, 6) is 0.633. The number of hydrogen-bond acceptors (Lipinski definition) is 3. The van der Waals surface area contributed by atoms with Gasteiger partial charge < -0.3 is 15.8 Å². The van der Waals surface area contributed by atoms with E-state index in [2.05, 4.69) is 25.2 Å². The van der Waals surface area contributed by atoms with Crippen LogP contribution in [0.2, 0.25) is 0 Å². The number of halogens is 1. The standard InChI is InChI=1S/C20H28N2O2.ClH/c1-5-20(21,6-2)13-22-19(23)14(3)15-7-8-17-12-18(24-4)10-9-16(17)11-15;/h7-12,14H,5-6,13,21H2,1-4H3,(H,22,23);1H. The third-order valence-electron chi connectivity index (χ3n) is 4.99. The molecule has 2 aromatic rings. The fourth-order valence-electron chi connectivity index (χ4n) is 2.71. The van der Waals surface area contributed by atoms with Gasteiger partial charge in [-0.25, -0.2) is 0 Å². The van der Waals surface area contributed by atoms with Gasteiger partial charge in [0.2, 0.25) is 5.91 Å². The van der Waals surface area contributed by atoms with Crippen LogP contribution in [0.25, 0.3) is 10.8 Å². The highest BCUT2D eigenvalue weighted by Gasteiger charge is 2.23. The van der Waals surface area contributed by atoms with Gasteiger partial charge in [0.25, 0.3) is 0 Å². The Kier molecular flexibility index (Phi) is 7.71. The largest absolute Gasteiger partial charge is 0.497 e. The van der Waals surface area contributed by atoms with Gasteiger partial charge in [0, 0.05) is 12.1 Å². The van der Waals surface area contributed by atoms with E-state index in [4.69, 9.17) is 10.5 Å². The van der Waals surface area contributed by atoms with E-state index in [0.717, 1.165) is 34.9 Å². The lowest BCUT2D eigenvalue weighted by atomic mass is 9.93. The van der Waals surface area contributed by atoms with E-state index in [0.29, 0.717) is 6.54 Å². The average molecular weight is 365 g/mol. The van der Waals surface area contributed by atoms with E-state index in [9.17, 15) is 4.79 Å². The predicted octanol–water partition coefficient (Wildman–Crippen LogP) is 4.01. The van der Waals surface area contributed by atoms with Gasteiger partial charge in [0.15, 0.2) is 0 Å². The van der Waals surface area contributed by atoms with Gasteiger partial charge in [0.1, 0.15) is 5.75 Å². The molecule has 0 radical (unpaired) electrons. The number of nitrogens with one attached hydrogen (secondary N) is 1. The smallest absolute Gasteiger partial charge is 0.227 e. The van der Waals surface area contributed by atoms with Crippen LogP contribution >= 0.6 is 12.4 Å². The number of fused-ring (bicyclic) bond motifs is 1. The molecule has 1 unspecified atom stereocenters. The van der Waals surface area contributed by atoms with Crippen molar-refractivity contribution in [3.05, 3.63) is 42.0 Å². The van der Waals surface area contributed by atoms with Crippen LogP contribution in [0.5, 0.6) is 5.75 Å². The zero-order valence-corrected chi connectivity index (χ0v) is 16.3. The molecule has 1 amide bonds. The van der Waals surface area contributed by atoms with Crippen LogP contribution in [-0.2, 0) is 4.79 Å². The Bertz CT molecular complexity index is 714. The molecule has 0 spiro atoms. The van der Waals surface area contributed by atoms with Gasteiger partial charge >= 0.3 is 0 Å². The highest BCUT2D eigenvalue weighted by Crippen LogP contribution is 2.25. The lowest BCUT2D eigenvalue weighted by molar-refractivity contribution is -0.122. The van der Waals surface area contributed by atoms with Crippen molar-refractivity contribution in [2.24, 2.45) is 5.73 Å². The highest BCUT2D eigenvalue weighted by molar-refractivity contribution is 5.88. The highest BCUT2D eigenvalue weighted by atomic mass is 35.5. The summed E-state index contributed by atoms with van der Waals surface area (Å²) in [6.45, 7) is 6.54. The maximum absolute atomic E-state index is 12.5. The normalized spacial score (nSPS) is 12.4. The van der Waals surface area contributed by atoms with Gasteiger partial charge in [-0.05, 0) is 48.2 Å². The van der Waals surface area contributed by atoms with E-state index in [1.165, 1.54) is 0 Å². The molecule has 0 fully saturated rings. The molecule has 0 aromatic heterocycles. The van der Waals surface area contributed by atoms with Gasteiger partial charge in [0.05, 0.1) is 13.0 Å². The first-order valence-corrected chi connectivity index (χ1v) is 8.56. The molecule has 0 aliphatic rings. The van der Waals surface area contributed by atoms with E-state index < -0.39 is 0 Å². The van der Waals surface area contributed by atoms with E-state index in [1.807, 2.05) is 37.3 Å². The molecular formula is C20H29ClN2O2. The van der Waals surface area contributed by atoms with E-state index in [1.54, 1.807) is 7.11 Å². The fraction of sp³-hybridized carbons (Fsp3) is 0.450. The lowest BCUT2D eigenvalue weighted by Gasteiger charge is -2.27. The Hall–Kier alpha value is -1.78. The van der Waals surface area contributed by atoms with Gasteiger partial charge in [-0.1, -0.05) is 38.1 Å². The average Bonchev–Trinajstić information content (AvgIpc) is 2.64. The van der Waals surface area contributed by atoms with Gasteiger partial charge in [-0.2, -0.15) is 0 Å². The summed E-state index contributed by atoms with van der Waals surface area (Å²) < 4.78 is 5.25. The molecule has 4 nitrogen and oxygen atoms in total. The molecule has 0 bridgehead atoms. The summed E-state index contributed by atoms with van der Waals surface area (Å²) in [7, 11) is 1.66. The minimum Gasteiger partial charge on any atom is -0.497 e. The number of benzene rings is 2. The molecule has 138 valence electrons. The van der Waals surface area contributed by atoms with Crippen LogP contribution in [0.3, 0.4) is 0 Å². The predicted molar refractivity (Wildman–Crippen MR) is 107 cm³/mol. The van der Waals surface area contributed by atoms with Crippen molar-refractivity contribution in [3.8, 4) is 5.75 Å². The second-order valence-electron chi connectivity index (χ2n) is 6.48. The summed E-state index contributed by atoms with van der Waals surface area (Å²) in [6, 6.07) is 12.0. The second kappa shape index (κ2) is 9.07. The van der Waals surface area contributed by atoms with Crippen LogP contribution in [0.4, 0.5) is 0 Å². The topological polar surface area (TPSA) is 64.3 Å². The van der Waals surface area contributed by atoms with Crippen molar-refractivity contribution < 1.29 is 9.53 Å². The molecule has 0 saturated heterocycles. The molecule has 25 heavy (non-hydrogen) atoms. The van der Waals surface area contributed by atoms with Crippen LogP contribution in [-0.4, -0.2) is 25.1 Å². The Balaban J connectivity index is 0.00000312. The van der Waals surface area contributed by atoms with Crippen LogP contribution in [0.1, 0.15) is 45.1 Å². The van der Waals surface area contributed by atoms with E-state index >= 15 is 0 Å². The molecule has 2 aromatic carbocycles. The number of methoxy groups -OCH3 is 1. The van der Waals surface area contributed by atoms with Crippen LogP contribution < -0.4 is 15.8 Å². The minimum absolute atomic E-state index is 0. The lowest BCUT2D eigenvalue weighted by Crippen LogP contribution is -2.49. The van der Waals surface area contributed by atoms with Crippen molar-refractivity contribution in [2.45, 2.75) is 45.1 Å². The molecule has 0 aliphatic carbocycles. The number of nitrogens with two attached hydrogens (primary N) is 1. The summed E-state index contributed by atoms with van der Waals surface area (Å²) >= 11 is 0. The fourth-order valence-corrected chi connectivity index (χ4v) is 2.71. The SMILES string of the molecule is CCC(N)(CC)CNC(=O)C(C)c1ccc2cc(OC)ccc2c1.Cl. The third kappa shape index (κ3) is 5.10. The maximum Gasteiger partial charge on any atom is 0.227 e. The molecule has 0 heterocycles. The monoisotopic (exact) mass is 364 g/mol. The van der Waals surface area contributed by atoms with Crippen molar-refractivity contribution in [1.82, 2.24) is 5.32 Å². The third-order valence-corrected chi connectivity index (χ3v) is 4.99. The minimum atomic E-state index is -0.324. The molecule has 2 rings (SSSR count). The number of rotatable bonds is 7. The summed E-state index contributed by atoms with van der Waals surface area (Å²) in [6.07, 6.45) is 1.69. The maximum atomic E-state index is 12.5. The summed E-state index contributed by atoms with van der Waals surface area (Å²) in [4.78, 5) is 12.5. The first-order chi connectivity index (χ1) is 11.4. The quantitative estimate of drug-likeness (QED) is 0.780. The molecule has 5 heteroatoms. The Morgan fingerprint density at radius 3 is 2.36 bits per heavy atom. The number of carbonyl (C=O) groups excluding carboxylic acids is 1. The first-order valence-electron chi connectivity index (χ1n) is 8.56. The molecular weight excluding hydrogens is 336 g/mol. The zero-order valence-electron chi connectivity index (χ0n) is 15.5. The molecule has 0 saturated carbocycles. The molecule has 3 N–H and O–H groups in total. The van der Waals surface area contributed by atoms with Crippen LogP contribution in [0.15, 0.2) is 36.4 Å². The zero-order chi connectivity index (χ0) is 17.7. The van der Waals surface area contributed by atoms with Crippen molar-refractivity contribution in [3.63, 3.8) is 0 Å². The number of hydrogen-bond donors (Lipinski definition) is 2.